The Morgan fingerprint density at radius 3 is 2.71 bits per heavy atom. The van der Waals surface area contributed by atoms with E-state index >= 15 is 0 Å². The van der Waals surface area contributed by atoms with Gasteiger partial charge in [-0.2, -0.15) is 0 Å². The molecule has 31 heavy (non-hydrogen) atoms. The van der Waals surface area contributed by atoms with Crippen LogP contribution in [0.15, 0.2) is 61.1 Å². The largest absolute Gasteiger partial charge is 0.387 e. The van der Waals surface area contributed by atoms with Crippen LogP contribution in [-0.2, 0) is 17.8 Å². The molecule has 0 amide bonds. The number of benzene rings is 1. The molecule has 4 aromatic rings. The van der Waals surface area contributed by atoms with E-state index in [-0.39, 0.29) is 18.0 Å². The number of hydrogen-bond donors (Lipinski definition) is 3. The van der Waals surface area contributed by atoms with Crippen molar-refractivity contribution >= 4 is 23.2 Å². The number of pyridine rings is 1. The second-order valence-corrected chi connectivity index (χ2v) is 7.14. The molecule has 0 atom stereocenters. The quantitative estimate of drug-likeness (QED) is 0.283. The summed E-state index contributed by atoms with van der Waals surface area (Å²) in [6.45, 7) is 0.453. The van der Waals surface area contributed by atoms with Gasteiger partial charge in [-0.05, 0) is 29.7 Å². The highest BCUT2D eigenvalue weighted by atomic mass is 16.1. The first kappa shape index (κ1) is 20.1. The number of anilines is 1. The molecular weight excluding hydrogens is 392 g/mol. The number of Topliss-reactive ketones (excluding diaryl/α,β-unsaturated/α-hetero) is 1. The summed E-state index contributed by atoms with van der Waals surface area (Å²) in [7, 11) is 0. The Labute approximate surface area is 178 Å². The number of amidine groups is 1. The van der Waals surface area contributed by atoms with Gasteiger partial charge in [0.05, 0.1) is 18.8 Å². The maximum Gasteiger partial charge on any atom is 0.222 e. The minimum Gasteiger partial charge on any atom is -0.387 e. The van der Waals surface area contributed by atoms with Crippen LogP contribution in [0, 0.1) is 5.41 Å². The van der Waals surface area contributed by atoms with E-state index in [1.165, 1.54) is 0 Å². The molecule has 9 nitrogen and oxygen atoms in total. The standard InChI is InChI=1S/C22H22N8O/c23-19(24)11-18(31)8-7-15-4-3-5-16(10-15)17-12-25-22(26-13-17)27-14-21-29-28-20-6-1-2-9-30(20)21/h1-6,9-10,12-13H,7-8,11,14H2,(H3,23,24)(H,25,26,27). The predicted molar refractivity (Wildman–Crippen MR) is 118 cm³/mol. The summed E-state index contributed by atoms with van der Waals surface area (Å²) in [6.07, 6.45) is 6.41. The second-order valence-electron chi connectivity index (χ2n) is 7.14. The fourth-order valence-corrected chi connectivity index (χ4v) is 3.23. The molecule has 0 unspecified atom stereocenters. The van der Waals surface area contributed by atoms with E-state index in [9.17, 15) is 4.79 Å². The second kappa shape index (κ2) is 9.12. The Morgan fingerprint density at radius 1 is 1.06 bits per heavy atom. The highest BCUT2D eigenvalue weighted by Crippen LogP contribution is 2.20. The molecule has 0 aliphatic heterocycles. The van der Waals surface area contributed by atoms with E-state index in [0.717, 1.165) is 28.2 Å². The molecule has 4 N–H and O–H groups in total. The molecule has 4 rings (SSSR count). The smallest absolute Gasteiger partial charge is 0.222 e. The normalized spacial score (nSPS) is 10.8. The predicted octanol–water partition coefficient (Wildman–Crippen LogP) is 2.63. The van der Waals surface area contributed by atoms with Crippen LogP contribution in [0.1, 0.15) is 24.2 Å². The Morgan fingerprint density at radius 2 is 1.90 bits per heavy atom. The minimum absolute atomic E-state index is 0.00655. The topological polar surface area (TPSA) is 135 Å². The molecule has 3 heterocycles. The minimum atomic E-state index is -0.0956. The third-order valence-electron chi connectivity index (χ3n) is 4.78. The highest BCUT2D eigenvalue weighted by Gasteiger charge is 2.08. The van der Waals surface area contributed by atoms with Gasteiger partial charge in [-0.1, -0.05) is 30.3 Å². The first-order valence-electron chi connectivity index (χ1n) is 9.87. The molecule has 3 aromatic heterocycles. The summed E-state index contributed by atoms with van der Waals surface area (Å²) in [5.74, 6) is 1.15. The number of fused-ring (bicyclic) bond motifs is 1. The van der Waals surface area contributed by atoms with Crippen molar-refractivity contribution in [1.82, 2.24) is 24.6 Å². The maximum absolute atomic E-state index is 11.8. The van der Waals surface area contributed by atoms with E-state index in [1.54, 1.807) is 12.4 Å². The zero-order chi connectivity index (χ0) is 21.6. The molecule has 9 heteroatoms. The third-order valence-corrected chi connectivity index (χ3v) is 4.78. The van der Waals surface area contributed by atoms with E-state index in [4.69, 9.17) is 11.1 Å². The molecule has 1 aromatic carbocycles. The van der Waals surface area contributed by atoms with Gasteiger partial charge in [0, 0.05) is 30.6 Å². The van der Waals surface area contributed by atoms with Gasteiger partial charge in [0.2, 0.25) is 5.95 Å². The lowest BCUT2D eigenvalue weighted by atomic mass is 10.0. The molecule has 0 saturated carbocycles. The Kier molecular flexibility index (Phi) is 5.93. The number of aryl methyl sites for hydroxylation is 1. The van der Waals surface area contributed by atoms with Crippen molar-refractivity contribution in [2.45, 2.75) is 25.8 Å². The van der Waals surface area contributed by atoms with Crippen molar-refractivity contribution in [2.75, 3.05) is 5.32 Å². The van der Waals surface area contributed by atoms with Gasteiger partial charge in [0.15, 0.2) is 11.5 Å². The van der Waals surface area contributed by atoms with Crippen LogP contribution >= 0.6 is 0 Å². The fourth-order valence-electron chi connectivity index (χ4n) is 3.23. The van der Waals surface area contributed by atoms with Crippen LogP contribution in [0.5, 0.6) is 0 Å². The molecule has 0 aliphatic rings. The Bertz CT molecular complexity index is 1220. The van der Waals surface area contributed by atoms with E-state index in [2.05, 4.69) is 25.5 Å². The lowest BCUT2D eigenvalue weighted by Crippen LogP contribution is -2.15. The summed E-state index contributed by atoms with van der Waals surface area (Å²) < 4.78 is 1.91. The SMILES string of the molecule is N=C(N)CC(=O)CCc1cccc(-c2cnc(NCc3nnc4ccccn34)nc2)c1. The molecule has 0 radical (unpaired) electrons. The van der Waals surface area contributed by atoms with Crippen molar-refractivity contribution in [3.63, 3.8) is 0 Å². The monoisotopic (exact) mass is 414 g/mol. The molecule has 156 valence electrons. The van der Waals surface area contributed by atoms with Gasteiger partial charge in [-0.25, -0.2) is 9.97 Å². The van der Waals surface area contributed by atoms with E-state index < -0.39 is 0 Å². The first-order valence-corrected chi connectivity index (χ1v) is 9.87. The van der Waals surface area contributed by atoms with E-state index in [1.807, 2.05) is 53.1 Å². The molecule has 0 spiro atoms. The first-order chi connectivity index (χ1) is 15.1. The number of nitrogens with zero attached hydrogens (tertiary/aromatic N) is 5. The van der Waals surface area contributed by atoms with Crippen LogP contribution in [0.2, 0.25) is 0 Å². The van der Waals surface area contributed by atoms with Crippen LogP contribution < -0.4 is 11.1 Å². The van der Waals surface area contributed by atoms with Crippen LogP contribution in [-0.4, -0.2) is 36.2 Å². The third kappa shape index (κ3) is 5.08. The lowest BCUT2D eigenvalue weighted by molar-refractivity contribution is -0.117. The number of nitrogens with one attached hydrogen (secondary N) is 2. The fraction of sp³-hybridized carbons (Fsp3) is 0.182. The van der Waals surface area contributed by atoms with Crippen LogP contribution in [0.25, 0.3) is 16.8 Å². The van der Waals surface area contributed by atoms with E-state index in [0.29, 0.717) is 25.3 Å². The van der Waals surface area contributed by atoms with Crippen LogP contribution in [0.4, 0.5) is 5.95 Å². The van der Waals surface area contributed by atoms with Gasteiger partial charge in [-0.3, -0.25) is 14.6 Å². The number of nitrogens with two attached hydrogens (primary N) is 1. The number of carbonyl (C=O) groups excluding carboxylic acids is 1. The van der Waals surface area contributed by atoms with Crippen molar-refractivity contribution in [3.8, 4) is 11.1 Å². The summed E-state index contributed by atoms with van der Waals surface area (Å²) >= 11 is 0. The Hall–Kier alpha value is -4.14. The van der Waals surface area contributed by atoms with Gasteiger partial charge in [0.25, 0.3) is 0 Å². The van der Waals surface area contributed by atoms with Gasteiger partial charge in [-0.15, -0.1) is 10.2 Å². The highest BCUT2D eigenvalue weighted by molar-refractivity contribution is 5.98. The number of aromatic nitrogens is 5. The summed E-state index contributed by atoms with van der Waals surface area (Å²) in [4.78, 5) is 20.6. The number of rotatable bonds is 9. The number of ketones is 1. The molecule has 0 aliphatic carbocycles. The average molecular weight is 414 g/mol. The average Bonchev–Trinajstić information content (AvgIpc) is 3.20. The lowest BCUT2D eigenvalue weighted by Gasteiger charge is -2.07. The van der Waals surface area contributed by atoms with Gasteiger partial charge >= 0.3 is 0 Å². The summed E-state index contributed by atoms with van der Waals surface area (Å²) in [6, 6.07) is 13.7. The molecule has 0 saturated heterocycles. The Balaban J connectivity index is 1.38. The zero-order valence-corrected chi connectivity index (χ0v) is 16.8. The molecule has 0 fully saturated rings. The molecular formula is C22H22N8O. The number of carbonyl (C=O) groups is 1. The number of hydrogen-bond acceptors (Lipinski definition) is 7. The summed E-state index contributed by atoms with van der Waals surface area (Å²) in [5.41, 5.74) is 8.97. The maximum atomic E-state index is 11.8. The summed E-state index contributed by atoms with van der Waals surface area (Å²) in [5, 5.41) is 18.7. The van der Waals surface area contributed by atoms with Gasteiger partial charge in [0.1, 0.15) is 5.78 Å². The molecule has 0 bridgehead atoms. The zero-order valence-electron chi connectivity index (χ0n) is 16.8. The van der Waals surface area contributed by atoms with Crippen molar-refractivity contribution in [2.24, 2.45) is 5.73 Å². The van der Waals surface area contributed by atoms with Gasteiger partial charge < -0.3 is 11.1 Å². The van der Waals surface area contributed by atoms with Crippen molar-refractivity contribution < 1.29 is 4.79 Å². The van der Waals surface area contributed by atoms with Crippen molar-refractivity contribution in [1.29, 1.82) is 5.41 Å². The van der Waals surface area contributed by atoms with Crippen LogP contribution in [0.3, 0.4) is 0 Å². The van der Waals surface area contributed by atoms with Crippen molar-refractivity contribution in [3.05, 3.63) is 72.4 Å².